The van der Waals surface area contributed by atoms with Crippen molar-refractivity contribution in [1.82, 2.24) is 0 Å². The molecule has 9 aromatic rings. The van der Waals surface area contributed by atoms with Gasteiger partial charge in [-0.05, 0) is 126 Å². The van der Waals surface area contributed by atoms with E-state index < -0.39 is 0 Å². The summed E-state index contributed by atoms with van der Waals surface area (Å²) >= 11 is 0. The molecule has 1 unspecified atom stereocenters. The first-order valence-electron chi connectivity index (χ1n) is 19.8. The first-order chi connectivity index (χ1) is 27.4. The molecule has 1 nitrogen and oxygen atoms in total. The molecule has 0 radical (unpaired) electrons. The van der Waals surface area contributed by atoms with Gasteiger partial charge in [0.05, 0.1) is 0 Å². The van der Waals surface area contributed by atoms with Gasteiger partial charge in [-0.1, -0.05) is 172 Å². The molecule has 9 aromatic carbocycles. The molecule has 0 saturated carbocycles. The van der Waals surface area contributed by atoms with Crippen molar-refractivity contribution < 1.29 is 0 Å². The Morgan fingerprint density at radius 1 is 0.357 bits per heavy atom. The fourth-order valence-corrected chi connectivity index (χ4v) is 10.1. The van der Waals surface area contributed by atoms with E-state index in [0.29, 0.717) is 0 Å². The maximum absolute atomic E-state index is 2.49. The third-order valence-electron chi connectivity index (χ3n) is 12.9. The molecule has 0 fully saturated rings. The van der Waals surface area contributed by atoms with Crippen molar-refractivity contribution in [2.75, 3.05) is 4.90 Å². The normalized spacial score (nSPS) is 16.0. The van der Waals surface area contributed by atoms with Gasteiger partial charge < -0.3 is 4.90 Å². The smallest absolute Gasteiger partial charge is 0.0468 e. The SMILES string of the molecule is CC1(C)c2ccccc2-c2ccc(N(c3ccc4c(c3)C(C)(c3ccccc3)c3cccc(-c5ccccc5)c3-4)c3ccc4c(ccc5ccccc54)c3)cc21. The van der Waals surface area contributed by atoms with Crippen LogP contribution in [0.4, 0.5) is 17.1 Å². The van der Waals surface area contributed by atoms with Crippen LogP contribution in [0.15, 0.2) is 194 Å². The molecule has 0 heterocycles. The van der Waals surface area contributed by atoms with Crippen molar-refractivity contribution in [3.8, 4) is 33.4 Å². The van der Waals surface area contributed by atoms with Crippen LogP contribution in [-0.4, -0.2) is 0 Å². The second kappa shape index (κ2) is 12.2. The molecule has 11 rings (SSSR count). The summed E-state index contributed by atoms with van der Waals surface area (Å²) in [5, 5.41) is 5.05. The van der Waals surface area contributed by atoms with Gasteiger partial charge in [0.15, 0.2) is 0 Å². The van der Waals surface area contributed by atoms with E-state index >= 15 is 0 Å². The lowest BCUT2D eigenvalue weighted by molar-refractivity contribution is 0.660. The minimum atomic E-state index is -0.359. The molecule has 0 bridgehead atoms. The number of benzene rings is 9. The van der Waals surface area contributed by atoms with Gasteiger partial charge in [-0.3, -0.25) is 0 Å². The predicted molar refractivity (Wildman–Crippen MR) is 237 cm³/mol. The van der Waals surface area contributed by atoms with Gasteiger partial charge in [0, 0.05) is 27.9 Å². The maximum atomic E-state index is 2.49. The Morgan fingerprint density at radius 3 is 1.75 bits per heavy atom. The Bertz CT molecular complexity index is 3010. The Hall–Kier alpha value is -6.70. The van der Waals surface area contributed by atoms with E-state index in [9.17, 15) is 0 Å². The summed E-state index contributed by atoms with van der Waals surface area (Å²) in [5.41, 5.74) is 17.5. The molecule has 0 spiro atoms. The van der Waals surface area contributed by atoms with Crippen molar-refractivity contribution in [1.29, 1.82) is 0 Å². The average molecular weight is 716 g/mol. The number of rotatable bonds is 5. The molecule has 2 aliphatic rings. The molecule has 0 saturated heterocycles. The van der Waals surface area contributed by atoms with Crippen LogP contribution in [0.2, 0.25) is 0 Å². The topological polar surface area (TPSA) is 3.24 Å². The van der Waals surface area contributed by atoms with E-state index in [4.69, 9.17) is 0 Å². The van der Waals surface area contributed by atoms with Gasteiger partial charge in [-0.15, -0.1) is 0 Å². The molecule has 266 valence electrons. The summed E-state index contributed by atoms with van der Waals surface area (Å²) in [6, 6.07) is 72.3. The van der Waals surface area contributed by atoms with Crippen LogP contribution in [0.1, 0.15) is 48.6 Å². The van der Waals surface area contributed by atoms with Crippen molar-refractivity contribution in [3.05, 3.63) is 222 Å². The lowest BCUT2D eigenvalue weighted by Crippen LogP contribution is -2.23. The summed E-state index contributed by atoms with van der Waals surface area (Å²) in [6.07, 6.45) is 0. The molecule has 1 heteroatoms. The van der Waals surface area contributed by atoms with Gasteiger partial charge in [-0.2, -0.15) is 0 Å². The molecule has 0 aromatic heterocycles. The highest BCUT2D eigenvalue weighted by Gasteiger charge is 2.42. The van der Waals surface area contributed by atoms with Gasteiger partial charge >= 0.3 is 0 Å². The monoisotopic (exact) mass is 715 g/mol. The first-order valence-corrected chi connectivity index (χ1v) is 19.8. The minimum Gasteiger partial charge on any atom is -0.310 e. The third kappa shape index (κ3) is 4.67. The summed E-state index contributed by atoms with van der Waals surface area (Å²) in [5.74, 6) is 0. The number of hydrogen-bond acceptors (Lipinski definition) is 1. The van der Waals surface area contributed by atoms with Crippen LogP contribution in [0.3, 0.4) is 0 Å². The Morgan fingerprint density at radius 2 is 0.929 bits per heavy atom. The van der Waals surface area contributed by atoms with Crippen molar-refractivity contribution in [2.24, 2.45) is 0 Å². The quantitative estimate of drug-likeness (QED) is 0.160. The van der Waals surface area contributed by atoms with E-state index in [2.05, 4.69) is 220 Å². The Kier molecular flexibility index (Phi) is 7.10. The molecule has 0 N–H and O–H groups in total. The van der Waals surface area contributed by atoms with Gasteiger partial charge in [0.1, 0.15) is 0 Å². The van der Waals surface area contributed by atoms with Gasteiger partial charge in [0.25, 0.3) is 0 Å². The minimum absolute atomic E-state index is 0.116. The summed E-state index contributed by atoms with van der Waals surface area (Å²) in [6.45, 7) is 7.16. The molecule has 2 aliphatic carbocycles. The van der Waals surface area contributed by atoms with Crippen LogP contribution in [-0.2, 0) is 10.8 Å². The lowest BCUT2D eigenvalue weighted by Gasteiger charge is -2.31. The zero-order valence-corrected chi connectivity index (χ0v) is 31.9. The fourth-order valence-electron chi connectivity index (χ4n) is 10.1. The molecule has 0 amide bonds. The highest BCUT2D eigenvalue weighted by Crippen LogP contribution is 2.57. The summed E-state index contributed by atoms with van der Waals surface area (Å²) in [7, 11) is 0. The predicted octanol–water partition coefficient (Wildman–Crippen LogP) is 14.8. The highest BCUT2D eigenvalue weighted by molar-refractivity contribution is 6.08. The zero-order valence-electron chi connectivity index (χ0n) is 31.9. The highest BCUT2D eigenvalue weighted by atomic mass is 15.1. The van der Waals surface area contributed by atoms with Crippen LogP contribution in [0.5, 0.6) is 0 Å². The maximum Gasteiger partial charge on any atom is 0.0468 e. The largest absolute Gasteiger partial charge is 0.310 e. The third-order valence-corrected chi connectivity index (χ3v) is 12.9. The van der Waals surface area contributed by atoms with E-state index in [0.717, 1.165) is 17.1 Å². The Balaban J connectivity index is 1.16. The molecular weight excluding hydrogens is 675 g/mol. The van der Waals surface area contributed by atoms with Crippen LogP contribution in [0.25, 0.3) is 54.9 Å². The van der Waals surface area contributed by atoms with E-state index in [1.807, 2.05) is 0 Å². The van der Waals surface area contributed by atoms with Crippen molar-refractivity contribution >= 4 is 38.6 Å². The Labute approximate surface area is 329 Å². The van der Waals surface area contributed by atoms with Gasteiger partial charge in [0.2, 0.25) is 0 Å². The second-order valence-electron chi connectivity index (χ2n) is 16.2. The van der Waals surface area contributed by atoms with Crippen molar-refractivity contribution in [3.63, 3.8) is 0 Å². The lowest BCUT2D eigenvalue weighted by atomic mass is 9.74. The number of nitrogens with zero attached hydrogens (tertiary/aromatic N) is 1. The number of fused-ring (bicyclic) bond motifs is 9. The molecular formula is C55H41N. The molecule has 1 atom stereocenters. The first kappa shape index (κ1) is 32.7. The summed E-state index contributed by atoms with van der Waals surface area (Å²) in [4.78, 5) is 2.49. The number of hydrogen-bond donors (Lipinski definition) is 0. The molecule has 0 aliphatic heterocycles. The van der Waals surface area contributed by atoms with E-state index in [1.54, 1.807) is 0 Å². The van der Waals surface area contributed by atoms with Crippen LogP contribution < -0.4 is 4.90 Å². The van der Waals surface area contributed by atoms with Crippen molar-refractivity contribution in [2.45, 2.75) is 31.6 Å². The van der Waals surface area contributed by atoms with Crippen LogP contribution in [0, 0.1) is 0 Å². The number of anilines is 3. The fraction of sp³-hybridized carbons (Fsp3) is 0.0909. The zero-order chi connectivity index (χ0) is 37.6. The average Bonchev–Trinajstić information content (AvgIpc) is 3.65. The van der Waals surface area contributed by atoms with Crippen LogP contribution >= 0.6 is 0 Å². The van der Waals surface area contributed by atoms with Gasteiger partial charge in [-0.25, -0.2) is 0 Å². The second-order valence-corrected chi connectivity index (χ2v) is 16.2. The molecule has 56 heavy (non-hydrogen) atoms. The van der Waals surface area contributed by atoms with E-state index in [-0.39, 0.29) is 10.8 Å². The van der Waals surface area contributed by atoms with E-state index in [1.165, 1.54) is 82.7 Å². The summed E-state index contributed by atoms with van der Waals surface area (Å²) < 4.78 is 0. The standard InChI is InChI=1S/C55H41N/c1-54(2)49-23-13-12-21-46(49)47-31-28-41(34-51(47)54)56(40-27-30-44-38(33-40)26-25-37-17-10-11-20-43(37)44)42-29-32-48-52(35-42)55(3,39-18-8-5-9-19-39)50-24-14-22-45(53(48)50)36-15-6-4-7-16-36/h4-35H,1-3H3.